The molecule has 1 atom stereocenters. The van der Waals surface area contributed by atoms with E-state index in [1.807, 2.05) is 6.07 Å². The third kappa shape index (κ3) is 2.74. The Morgan fingerprint density at radius 1 is 1.29 bits per heavy atom. The number of nitrogens with zero attached hydrogens (tertiary/aromatic N) is 3. The quantitative estimate of drug-likeness (QED) is 0.939. The molecule has 21 heavy (non-hydrogen) atoms. The maximum Gasteiger partial charge on any atom is 0.0726 e. The van der Waals surface area contributed by atoms with E-state index in [2.05, 4.69) is 52.9 Å². The van der Waals surface area contributed by atoms with Crippen molar-refractivity contribution < 1.29 is 0 Å². The third-order valence-electron chi connectivity index (χ3n) is 4.47. The molecule has 0 spiro atoms. The van der Waals surface area contributed by atoms with Crippen molar-refractivity contribution in [2.75, 3.05) is 31.1 Å². The van der Waals surface area contributed by atoms with Gasteiger partial charge in [0.25, 0.3) is 0 Å². The number of para-hydroxylation sites is 1. The summed E-state index contributed by atoms with van der Waals surface area (Å²) in [5, 5.41) is 1.23. The van der Waals surface area contributed by atoms with Crippen LogP contribution in [0.4, 0.5) is 5.69 Å². The van der Waals surface area contributed by atoms with Gasteiger partial charge in [0, 0.05) is 43.3 Å². The van der Waals surface area contributed by atoms with E-state index in [1.165, 1.54) is 11.1 Å². The van der Waals surface area contributed by atoms with Gasteiger partial charge in [-0.15, -0.1) is 0 Å². The van der Waals surface area contributed by atoms with Crippen LogP contribution in [0.5, 0.6) is 0 Å². The average Bonchev–Trinajstić information content (AvgIpc) is 2.53. The van der Waals surface area contributed by atoms with Crippen LogP contribution in [0.1, 0.15) is 19.5 Å². The first-order valence-corrected chi connectivity index (χ1v) is 7.80. The minimum absolute atomic E-state index is 0.488. The fourth-order valence-electron chi connectivity index (χ4n) is 3.26. The SMILES string of the molecule is CCN1CCN(c2cc(CN)nc3ccccc23)CC1C. The fourth-order valence-corrected chi connectivity index (χ4v) is 3.26. The van der Waals surface area contributed by atoms with Gasteiger partial charge in [-0.1, -0.05) is 25.1 Å². The van der Waals surface area contributed by atoms with Crippen molar-refractivity contribution in [1.82, 2.24) is 9.88 Å². The Balaban J connectivity index is 1.99. The highest BCUT2D eigenvalue weighted by atomic mass is 15.3. The third-order valence-corrected chi connectivity index (χ3v) is 4.47. The molecule has 1 aliphatic rings. The molecule has 1 aromatic carbocycles. The van der Waals surface area contributed by atoms with Gasteiger partial charge < -0.3 is 10.6 Å². The molecule has 0 bridgehead atoms. The van der Waals surface area contributed by atoms with Gasteiger partial charge in [0.2, 0.25) is 0 Å². The number of hydrogen-bond donors (Lipinski definition) is 1. The van der Waals surface area contributed by atoms with Crippen LogP contribution in [0.3, 0.4) is 0 Å². The molecule has 0 saturated carbocycles. The second kappa shape index (κ2) is 6.00. The monoisotopic (exact) mass is 284 g/mol. The molecular weight excluding hydrogens is 260 g/mol. The molecule has 2 heterocycles. The zero-order valence-electron chi connectivity index (χ0n) is 12.9. The fraction of sp³-hybridized carbons (Fsp3) is 0.471. The number of anilines is 1. The van der Waals surface area contributed by atoms with E-state index in [1.54, 1.807) is 0 Å². The lowest BCUT2D eigenvalue weighted by Crippen LogP contribution is -2.51. The summed E-state index contributed by atoms with van der Waals surface area (Å²) in [4.78, 5) is 9.65. The van der Waals surface area contributed by atoms with E-state index in [9.17, 15) is 0 Å². The molecule has 2 N–H and O–H groups in total. The summed E-state index contributed by atoms with van der Waals surface area (Å²) in [5.41, 5.74) is 9.11. The predicted molar refractivity (Wildman–Crippen MR) is 88.6 cm³/mol. The Labute approximate surface area is 126 Å². The lowest BCUT2D eigenvalue weighted by Gasteiger charge is -2.41. The van der Waals surface area contributed by atoms with E-state index in [0.29, 0.717) is 12.6 Å². The highest BCUT2D eigenvalue weighted by Crippen LogP contribution is 2.28. The van der Waals surface area contributed by atoms with Crippen molar-refractivity contribution in [1.29, 1.82) is 0 Å². The van der Waals surface area contributed by atoms with Crippen molar-refractivity contribution in [2.45, 2.75) is 26.4 Å². The zero-order valence-corrected chi connectivity index (χ0v) is 12.9. The summed E-state index contributed by atoms with van der Waals surface area (Å²) in [6, 6.07) is 11.1. The molecule has 4 nitrogen and oxygen atoms in total. The van der Waals surface area contributed by atoms with Gasteiger partial charge in [-0.25, -0.2) is 0 Å². The normalized spacial score (nSPS) is 20.1. The molecule has 4 heteroatoms. The van der Waals surface area contributed by atoms with Crippen LogP contribution in [0.25, 0.3) is 10.9 Å². The first kappa shape index (κ1) is 14.3. The van der Waals surface area contributed by atoms with Crippen molar-refractivity contribution in [3.63, 3.8) is 0 Å². The Morgan fingerprint density at radius 2 is 2.10 bits per heavy atom. The van der Waals surface area contributed by atoms with Crippen LogP contribution in [0.2, 0.25) is 0 Å². The number of likely N-dealkylation sites (N-methyl/N-ethyl adjacent to an activating group) is 1. The number of piperazine rings is 1. The Hall–Kier alpha value is -1.65. The van der Waals surface area contributed by atoms with Gasteiger partial charge in [-0.2, -0.15) is 0 Å². The molecule has 112 valence electrons. The van der Waals surface area contributed by atoms with Gasteiger partial charge in [-0.3, -0.25) is 9.88 Å². The zero-order chi connectivity index (χ0) is 14.8. The smallest absolute Gasteiger partial charge is 0.0726 e. The maximum atomic E-state index is 5.82. The summed E-state index contributed by atoms with van der Waals surface area (Å²) in [6.07, 6.45) is 0. The van der Waals surface area contributed by atoms with Crippen molar-refractivity contribution >= 4 is 16.6 Å². The van der Waals surface area contributed by atoms with E-state index >= 15 is 0 Å². The van der Waals surface area contributed by atoms with Crippen LogP contribution >= 0.6 is 0 Å². The molecule has 1 unspecified atom stereocenters. The molecule has 3 rings (SSSR count). The summed E-state index contributed by atoms with van der Waals surface area (Å²) in [7, 11) is 0. The van der Waals surface area contributed by atoms with Crippen molar-refractivity contribution in [2.24, 2.45) is 5.73 Å². The second-order valence-corrected chi connectivity index (χ2v) is 5.78. The van der Waals surface area contributed by atoms with Gasteiger partial charge >= 0.3 is 0 Å². The number of benzene rings is 1. The van der Waals surface area contributed by atoms with Crippen LogP contribution in [0.15, 0.2) is 30.3 Å². The topological polar surface area (TPSA) is 45.4 Å². The van der Waals surface area contributed by atoms with E-state index < -0.39 is 0 Å². The Bertz CT molecular complexity index is 625. The van der Waals surface area contributed by atoms with Crippen LogP contribution in [-0.2, 0) is 6.54 Å². The molecule has 2 aromatic rings. The van der Waals surface area contributed by atoms with Crippen LogP contribution in [-0.4, -0.2) is 42.1 Å². The molecule has 0 radical (unpaired) electrons. The molecule has 1 saturated heterocycles. The van der Waals surface area contributed by atoms with E-state index in [4.69, 9.17) is 5.73 Å². The molecule has 0 amide bonds. The largest absolute Gasteiger partial charge is 0.368 e. The molecule has 0 aliphatic carbocycles. The minimum atomic E-state index is 0.488. The number of hydrogen-bond acceptors (Lipinski definition) is 4. The second-order valence-electron chi connectivity index (χ2n) is 5.78. The van der Waals surface area contributed by atoms with E-state index in [0.717, 1.165) is 37.4 Å². The van der Waals surface area contributed by atoms with Gasteiger partial charge in [0.1, 0.15) is 0 Å². The average molecular weight is 284 g/mol. The molecule has 1 fully saturated rings. The molecule has 1 aromatic heterocycles. The van der Waals surface area contributed by atoms with Gasteiger partial charge in [0.05, 0.1) is 11.2 Å². The van der Waals surface area contributed by atoms with Crippen LogP contribution < -0.4 is 10.6 Å². The maximum absolute atomic E-state index is 5.82. The highest BCUT2D eigenvalue weighted by Gasteiger charge is 2.23. The van der Waals surface area contributed by atoms with Crippen molar-refractivity contribution in [3.8, 4) is 0 Å². The number of aromatic nitrogens is 1. The van der Waals surface area contributed by atoms with Gasteiger partial charge in [0.15, 0.2) is 0 Å². The Kier molecular flexibility index (Phi) is 4.08. The lowest BCUT2D eigenvalue weighted by molar-refractivity contribution is 0.199. The van der Waals surface area contributed by atoms with Crippen molar-refractivity contribution in [3.05, 3.63) is 36.0 Å². The summed E-state index contributed by atoms with van der Waals surface area (Å²) >= 11 is 0. The minimum Gasteiger partial charge on any atom is -0.368 e. The number of nitrogens with two attached hydrogens (primary N) is 1. The summed E-state index contributed by atoms with van der Waals surface area (Å²) in [6.45, 7) is 9.40. The predicted octanol–water partition coefficient (Wildman–Crippen LogP) is 2.22. The number of fused-ring (bicyclic) bond motifs is 1. The standard InChI is InChI=1S/C17H24N4/c1-3-20-8-9-21(12-13(20)2)17-10-14(11-18)19-16-7-5-4-6-15(16)17/h4-7,10,13H,3,8-9,11-12,18H2,1-2H3. The number of rotatable bonds is 3. The first-order valence-electron chi connectivity index (χ1n) is 7.80. The number of pyridine rings is 1. The van der Waals surface area contributed by atoms with Gasteiger partial charge in [-0.05, 0) is 25.6 Å². The lowest BCUT2D eigenvalue weighted by atomic mass is 10.1. The first-order chi connectivity index (χ1) is 10.2. The van der Waals surface area contributed by atoms with Crippen LogP contribution in [0, 0.1) is 0 Å². The molecular formula is C17H24N4. The molecule has 1 aliphatic heterocycles. The van der Waals surface area contributed by atoms with E-state index in [-0.39, 0.29) is 0 Å². The Morgan fingerprint density at radius 3 is 2.81 bits per heavy atom. The summed E-state index contributed by atoms with van der Waals surface area (Å²) < 4.78 is 0. The summed E-state index contributed by atoms with van der Waals surface area (Å²) in [5.74, 6) is 0. The highest BCUT2D eigenvalue weighted by molar-refractivity contribution is 5.92.